The fraction of sp³-hybridized carbons (Fsp3) is 0.652. The fourth-order valence-corrected chi connectivity index (χ4v) is 6.26. The Hall–Kier alpha value is -1.40. The van der Waals surface area contributed by atoms with E-state index >= 15 is 4.39 Å². The number of halogens is 1. The third-order valence-corrected chi connectivity index (χ3v) is 7.82. The molecular weight excluding hydrogens is 387 g/mol. The summed E-state index contributed by atoms with van der Waals surface area (Å²) in [6.45, 7) is 2.26. The Morgan fingerprint density at radius 1 is 1.17 bits per heavy atom. The van der Waals surface area contributed by atoms with Gasteiger partial charge in [-0.15, -0.1) is 0 Å². The minimum absolute atomic E-state index is 0.0991. The van der Waals surface area contributed by atoms with Gasteiger partial charge >= 0.3 is 0 Å². The number of fused-ring (bicyclic) bond motifs is 1. The van der Waals surface area contributed by atoms with Gasteiger partial charge in [-0.25, -0.2) is 9.38 Å². The van der Waals surface area contributed by atoms with Crippen LogP contribution in [-0.2, 0) is 4.74 Å². The largest absolute Gasteiger partial charge is 0.376 e. The average molecular weight is 419 g/mol. The summed E-state index contributed by atoms with van der Waals surface area (Å²) in [7, 11) is 0. The first-order valence-corrected chi connectivity index (χ1v) is 11.9. The maximum Gasteiger partial charge on any atom is 0.257 e. The van der Waals surface area contributed by atoms with E-state index in [4.69, 9.17) is 9.73 Å². The highest BCUT2D eigenvalue weighted by molar-refractivity contribution is 8.14. The van der Waals surface area contributed by atoms with Gasteiger partial charge in [0.2, 0.25) is 0 Å². The number of hydrogen-bond donors (Lipinski definition) is 1. The Kier molecular flexibility index (Phi) is 6.30. The van der Waals surface area contributed by atoms with Crippen molar-refractivity contribution < 1.29 is 13.9 Å². The van der Waals surface area contributed by atoms with Gasteiger partial charge in [-0.2, -0.15) is 0 Å². The average Bonchev–Trinajstić information content (AvgIpc) is 2.69. The molecule has 29 heavy (non-hydrogen) atoms. The van der Waals surface area contributed by atoms with Crippen LogP contribution in [0.4, 0.5) is 4.39 Å². The van der Waals surface area contributed by atoms with Crippen molar-refractivity contribution in [2.45, 2.75) is 75.6 Å². The molecule has 2 aliphatic heterocycles. The third-order valence-electron chi connectivity index (χ3n) is 6.75. The van der Waals surface area contributed by atoms with Crippen molar-refractivity contribution >= 4 is 22.8 Å². The number of alkyl halides is 1. The predicted octanol–water partition coefficient (Wildman–Crippen LogP) is 5.14. The Morgan fingerprint density at radius 2 is 1.86 bits per heavy atom. The highest BCUT2D eigenvalue weighted by Crippen LogP contribution is 2.52. The van der Waals surface area contributed by atoms with E-state index in [1.54, 1.807) is 12.1 Å². The Balaban J connectivity index is 1.64. The lowest BCUT2D eigenvalue weighted by Crippen LogP contribution is -2.66. The SMILES string of the molecule is C[C@H]1C[C@@]2(F)CSC(NC(=O)c3ccccc3)=N[C@@]2(C2CCCCCCC2)CO1. The molecule has 4 nitrogen and oxygen atoms in total. The highest BCUT2D eigenvalue weighted by atomic mass is 32.2. The summed E-state index contributed by atoms with van der Waals surface area (Å²) in [5, 5.41) is 3.47. The van der Waals surface area contributed by atoms with E-state index in [0.29, 0.717) is 29.5 Å². The summed E-state index contributed by atoms with van der Waals surface area (Å²) in [5.74, 6) is 0.288. The van der Waals surface area contributed by atoms with Crippen molar-refractivity contribution in [2.24, 2.45) is 10.9 Å². The smallest absolute Gasteiger partial charge is 0.257 e. The first kappa shape index (κ1) is 20.9. The molecule has 0 aromatic heterocycles. The zero-order valence-electron chi connectivity index (χ0n) is 17.2. The van der Waals surface area contributed by atoms with Gasteiger partial charge in [0.25, 0.3) is 5.91 Å². The van der Waals surface area contributed by atoms with Crippen LogP contribution >= 0.6 is 11.8 Å². The molecule has 1 N–H and O–H groups in total. The van der Waals surface area contributed by atoms with Crippen LogP contribution in [0.1, 0.15) is 68.6 Å². The summed E-state index contributed by atoms with van der Waals surface area (Å²) < 4.78 is 22.5. The van der Waals surface area contributed by atoms with Crippen LogP contribution in [0.25, 0.3) is 0 Å². The van der Waals surface area contributed by atoms with Crippen LogP contribution < -0.4 is 5.32 Å². The fourth-order valence-electron chi connectivity index (χ4n) is 5.13. The van der Waals surface area contributed by atoms with Crippen LogP contribution in [0, 0.1) is 5.92 Å². The van der Waals surface area contributed by atoms with Crippen LogP contribution in [0.2, 0.25) is 0 Å². The Bertz CT molecular complexity index is 751. The molecule has 0 spiro atoms. The first-order valence-electron chi connectivity index (χ1n) is 10.9. The van der Waals surface area contributed by atoms with Gasteiger partial charge in [-0.1, -0.05) is 62.1 Å². The van der Waals surface area contributed by atoms with Crippen molar-refractivity contribution in [1.29, 1.82) is 0 Å². The van der Waals surface area contributed by atoms with Gasteiger partial charge in [0.15, 0.2) is 10.8 Å². The number of amidine groups is 1. The van der Waals surface area contributed by atoms with E-state index in [1.807, 2.05) is 25.1 Å². The third kappa shape index (κ3) is 4.24. The topological polar surface area (TPSA) is 50.7 Å². The molecule has 1 aromatic rings. The van der Waals surface area contributed by atoms with Gasteiger partial charge in [0, 0.05) is 17.7 Å². The lowest BCUT2D eigenvalue weighted by atomic mass is 9.66. The number of hydrogen-bond acceptors (Lipinski definition) is 4. The minimum atomic E-state index is -1.39. The molecule has 4 rings (SSSR count). The van der Waals surface area contributed by atoms with Crippen molar-refractivity contribution in [2.75, 3.05) is 12.4 Å². The monoisotopic (exact) mass is 418 g/mol. The number of benzene rings is 1. The van der Waals surface area contributed by atoms with Crippen molar-refractivity contribution in [3.63, 3.8) is 0 Å². The van der Waals surface area contributed by atoms with E-state index in [9.17, 15) is 4.79 Å². The number of nitrogens with zero attached hydrogens (tertiary/aromatic N) is 1. The normalized spacial score (nSPS) is 33.7. The maximum absolute atomic E-state index is 16.5. The molecule has 6 heteroatoms. The second kappa shape index (κ2) is 8.76. The molecule has 0 bridgehead atoms. The summed E-state index contributed by atoms with van der Waals surface area (Å²) >= 11 is 1.33. The molecule has 1 saturated heterocycles. The number of carbonyl (C=O) groups is 1. The molecule has 0 unspecified atom stereocenters. The lowest BCUT2D eigenvalue weighted by Gasteiger charge is -2.53. The molecule has 158 valence electrons. The molecule has 1 saturated carbocycles. The molecule has 3 atom stereocenters. The molecule has 2 fully saturated rings. The van der Waals surface area contributed by atoms with Crippen LogP contribution in [0.5, 0.6) is 0 Å². The molecule has 1 amide bonds. The van der Waals surface area contributed by atoms with E-state index in [1.165, 1.54) is 31.0 Å². The van der Waals surface area contributed by atoms with Gasteiger partial charge in [-0.3, -0.25) is 4.79 Å². The van der Waals surface area contributed by atoms with Gasteiger partial charge < -0.3 is 10.1 Å². The summed E-state index contributed by atoms with van der Waals surface area (Å²) in [6.07, 6.45) is 8.16. The number of thioether (sulfide) groups is 1. The molecule has 1 aromatic carbocycles. The number of carbonyl (C=O) groups excluding carboxylic acids is 1. The van der Waals surface area contributed by atoms with Crippen LogP contribution in [-0.4, -0.2) is 40.7 Å². The first-order chi connectivity index (χ1) is 14.0. The highest BCUT2D eigenvalue weighted by Gasteiger charge is 2.61. The minimum Gasteiger partial charge on any atom is -0.376 e. The quantitative estimate of drug-likeness (QED) is 0.724. The number of ether oxygens (including phenoxy) is 1. The van der Waals surface area contributed by atoms with E-state index < -0.39 is 11.2 Å². The molecular formula is C23H31FN2O2S. The predicted molar refractivity (Wildman–Crippen MR) is 116 cm³/mol. The van der Waals surface area contributed by atoms with Gasteiger partial charge in [0.1, 0.15) is 5.54 Å². The number of nitrogens with one attached hydrogen (secondary N) is 1. The zero-order valence-corrected chi connectivity index (χ0v) is 18.0. The number of amides is 1. The Morgan fingerprint density at radius 3 is 2.59 bits per heavy atom. The Labute approximate surface area is 177 Å². The van der Waals surface area contributed by atoms with Crippen molar-refractivity contribution in [1.82, 2.24) is 5.32 Å². The summed E-state index contributed by atoms with van der Waals surface area (Å²) in [4.78, 5) is 17.6. The lowest BCUT2D eigenvalue weighted by molar-refractivity contribution is -0.126. The maximum atomic E-state index is 16.5. The van der Waals surface area contributed by atoms with Crippen molar-refractivity contribution in [3.05, 3.63) is 35.9 Å². The summed E-state index contributed by atoms with van der Waals surface area (Å²) in [5.41, 5.74) is -1.69. The van der Waals surface area contributed by atoms with Gasteiger partial charge in [-0.05, 0) is 37.8 Å². The number of aliphatic imine (C=N–C) groups is 1. The summed E-state index contributed by atoms with van der Waals surface area (Å²) in [6, 6.07) is 9.11. The molecule has 1 aliphatic carbocycles. The van der Waals surface area contributed by atoms with Crippen LogP contribution in [0.3, 0.4) is 0 Å². The van der Waals surface area contributed by atoms with Gasteiger partial charge in [0.05, 0.1) is 12.7 Å². The van der Waals surface area contributed by atoms with E-state index in [0.717, 1.165) is 25.7 Å². The van der Waals surface area contributed by atoms with Crippen molar-refractivity contribution in [3.8, 4) is 0 Å². The second-order valence-electron chi connectivity index (χ2n) is 8.78. The number of rotatable bonds is 2. The van der Waals surface area contributed by atoms with E-state index in [-0.39, 0.29) is 17.9 Å². The molecule has 2 heterocycles. The van der Waals surface area contributed by atoms with Crippen LogP contribution in [0.15, 0.2) is 35.3 Å². The van der Waals surface area contributed by atoms with E-state index in [2.05, 4.69) is 5.32 Å². The second-order valence-corrected chi connectivity index (χ2v) is 9.75. The molecule has 0 radical (unpaired) electrons. The zero-order chi connectivity index (χ0) is 20.3. The standard InChI is InChI=1S/C23H31FN2O2S/c1-17-14-22(24)16-29-21(25-20(27)18-10-6-5-7-11-18)26-23(22,15-28-17)19-12-8-3-2-4-9-13-19/h5-7,10-11,17,19H,2-4,8-9,12-16H2,1H3,(H,25,26,27)/t17-,22+,23+/m0/s1. The molecule has 3 aliphatic rings.